The van der Waals surface area contributed by atoms with Crippen LogP contribution in [0.15, 0.2) is 23.1 Å². The predicted molar refractivity (Wildman–Crippen MR) is 93.6 cm³/mol. The van der Waals surface area contributed by atoms with Crippen molar-refractivity contribution >= 4 is 15.8 Å². The molecule has 0 bridgehead atoms. The van der Waals surface area contributed by atoms with Gasteiger partial charge in [-0.15, -0.1) is 0 Å². The lowest BCUT2D eigenvalue weighted by atomic mass is 10.0. The molecule has 1 saturated heterocycles. The maximum Gasteiger partial charge on any atom is 0.359 e. The summed E-state index contributed by atoms with van der Waals surface area (Å²) in [5.74, 6) is -1.95. The van der Waals surface area contributed by atoms with Gasteiger partial charge < -0.3 is 9.47 Å². The normalized spacial score (nSPS) is 18.6. The zero-order chi connectivity index (χ0) is 19.2. The molecule has 0 unspecified atom stereocenters. The Balaban J connectivity index is 1.98. The summed E-state index contributed by atoms with van der Waals surface area (Å²) in [7, 11) is -3.94. The molecule has 2 aromatic rings. The lowest BCUT2D eigenvalue weighted by molar-refractivity contribution is 0.0512. The number of fused-ring (bicyclic) bond motifs is 3. The van der Waals surface area contributed by atoms with Crippen LogP contribution in [0.5, 0.6) is 0 Å². The van der Waals surface area contributed by atoms with Crippen LogP contribution in [0.3, 0.4) is 0 Å². The number of rotatable bonds is 3. The molecule has 4 rings (SSSR count). The van der Waals surface area contributed by atoms with Gasteiger partial charge in [0.25, 0.3) is 0 Å². The molecule has 7 nitrogen and oxygen atoms in total. The van der Waals surface area contributed by atoms with Crippen LogP contribution < -0.4 is 0 Å². The Morgan fingerprint density at radius 2 is 2.11 bits per heavy atom. The van der Waals surface area contributed by atoms with Gasteiger partial charge in [-0.1, -0.05) is 12.1 Å². The summed E-state index contributed by atoms with van der Waals surface area (Å²) in [6, 6.07) is 4.08. The topological polar surface area (TPSA) is 87.5 Å². The zero-order valence-electron chi connectivity index (χ0n) is 14.8. The van der Waals surface area contributed by atoms with Gasteiger partial charge in [0.15, 0.2) is 15.5 Å². The summed E-state index contributed by atoms with van der Waals surface area (Å²) in [6.07, 6.45) is 1.35. The van der Waals surface area contributed by atoms with Gasteiger partial charge in [0, 0.05) is 24.3 Å². The van der Waals surface area contributed by atoms with Crippen LogP contribution in [0.4, 0.5) is 4.39 Å². The summed E-state index contributed by atoms with van der Waals surface area (Å²) in [4.78, 5) is 12.1. The molecular weight excluding hydrogens is 375 g/mol. The fourth-order valence-corrected chi connectivity index (χ4v) is 5.38. The Morgan fingerprint density at radius 1 is 1.37 bits per heavy atom. The standard InChI is InChI=1S/C18H19FN2O5S/c1-2-26-18(22)15-13-10-27(23,24)17-12(4-3-5-14(17)19)16(13)21(20-15)11-6-8-25-9-7-11/h3-5,11H,2,6-10H2,1H3. The number of ether oxygens (including phenoxy) is 2. The zero-order valence-corrected chi connectivity index (χ0v) is 15.6. The molecule has 1 aromatic carbocycles. The van der Waals surface area contributed by atoms with Crippen LogP contribution in [0.2, 0.25) is 0 Å². The number of halogens is 1. The van der Waals surface area contributed by atoms with Crippen LogP contribution in [0.25, 0.3) is 11.3 Å². The lowest BCUT2D eigenvalue weighted by Gasteiger charge is -2.26. The monoisotopic (exact) mass is 394 g/mol. The second-order valence-electron chi connectivity index (χ2n) is 6.56. The number of esters is 1. The molecule has 0 spiro atoms. The third-order valence-electron chi connectivity index (χ3n) is 4.88. The van der Waals surface area contributed by atoms with Crippen molar-refractivity contribution in [2.45, 2.75) is 36.5 Å². The van der Waals surface area contributed by atoms with Crippen molar-refractivity contribution in [2.75, 3.05) is 19.8 Å². The highest BCUT2D eigenvalue weighted by Gasteiger charge is 2.39. The van der Waals surface area contributed by atoms with E-state index in [9.17, 15) is 17.6 Å². The van der Waals surface area contributed by atoms with E-state index in [0.29, 0.717) is 31.7 Å². The molecule has 1 fully saturated rings. The van der Waals surface area contributed by atoms with Gasteiger partial charge in [-0.2, -0.15) is 5.10 Å². The largest absolute Gasteiger partial charge is 0.461 e. The summed E-state index contributed by atoms with van der Waals surface area (Å²) in [6.45, 7) is 2.90. The minimum absolute atomic E-state index is 0.0168. The summed E-state index contributed by atoms with van der Waals surface area (Å²) in [5.41, 5.74) is 0.981. The van der Waals surface area contributed by atoms with E-state index >= 15 is 0 Å². The number of sulfone groups is 1. The molecule has 1 aromatic heterocycles. The van der Waals surface area contributed by atoms with E-state index in [1.54, 1.807) is 17.7 Å². The van der Waals surface area contributed by atoms with Crippen molar-refractivity contribution in [3.8, 4) is 11.3 Å². The van der Waals surface area contributed by atoms with Gasteiger partial charge in [0.2, 0.25) is 0 Å². The first-order valence-corrected chi connectivity index (χ1v) is 10.5. The molecule has 0 atom stereocenters. The van der Waals surface area contributed by atoms with Gasteiger partial charge in [-0.3, -0.25) is 4.68 Å². The molecule has 0 N–H and O–H groups in total. The smallest absolute Gasteiger partial charge is 0.359 e. The average Bonchev–Trinajstić information content (AvgIpc) is 3.01. The Kier molecular flexibility index (Phi) is 4.51. The minimum Gasteiger partial charge on any atom is -0.461 e. The van der Waals surface area contributed by atoms with Crippen LogP contribution in [0, 0.1) is 5.82 Å². The van der Waals surface area contributed by atoms with Crippen molar-refractivity contribution in [1.29, 1.82) is 0 Å². The number of carbonyl (C=O) groups is 1. The second kappa shape index (κ2) is 6.72. The Bertz CT molecular complexity index is 1010. The van der Waals surface area contributed by atoms with Crippen molar-refractivity contribution in [3.63, 3.8) is 0 Å². The number of nitrogens with zero attached hydrogens (tertiary/aromatic N) is 2. The molecule has 0 saturated carbocycles. The summed E-state index contributed by atoms with van der Waals surface area (Å²) in [5, 5.41) is 4.43. The molecular formula is C18H19FN2O5S. The van der Waals surface area contributed by atoms with Crippen molar-refractivity contribution in [1.82, 2.24) is 9.78 Å². The first-order valence-electron chi connectivity index (χ1n) is 8.82. The highest BCUT2D eigenvalue weighted by molar-refractivity contribution is 7.91. The van der Waals surface area contributed by atoms with E-state index in [1.165, 1.54) is 6.07 Å². The number of hydrogen-bond donors (Lipinski definition) is 0. The molecule has 144 valence electrons. The molecule has 27 heavy (non-hydrogen) atoms. The van der Waals surface area contributed by atoms with Gasteiger partial charge in [-0.25, -0.2) is 17.6 Å². The number of hydrogen-bond acceptors (Lipinski definition) is 6. The Labute approximate surface area is 156 Å². The quantitative estimate of drug-likeness (QED) is 0.744. The van der Waals surface area contributed by atoms with Crippen LogP contribution in [-0.2, 0) is 25.1 Å². The molecule has 0 amide bonds. The van der Waals surface area contributed by atoms with Crippen LogP contribution in [-0.4, -0.2) is 44.0 Å². The van der Waals surface area contributed by atoms with Gasteiger partial charge in [0.1, 0.15) is 10.7 Å². The van der Waals surface area contributed by atoms with Gasteiger partial charge in [0.05, 0.1) is 24.1 Å². The number of aromatic nitrogens is 2. The Morgan fingerprint density at radius 3 is 2.81 bits per heavy atom. The lowest BCUT2D eigenvalue weighted by Crippen LogP contribution is -2.23. The molecule has 2 aliphatic heterocycles. The molecule has 0 radical (unpaired) electrons. The Hall–Kier alpha value is -2.26. The first kappa shape index (κ1) is 18.1. The van der Waals surface area contributed by atoms with E-state index in [4.69, 9.17) is 9.47 Å². The van der Waals surface area contributed by atoms with Crippen molar-refractivity contribution < 1.29 is 27.1 Å². The van der Waals surface area contributed by atoms with E-state index in [2.05, 4.69) is 5.10 Å². The first-order chi connectivity index (χ1) is 12.9. The SMILES string of the molecule is CCOC(=O)c1nn(C2CCOCC2)c2c1CS(=O)(=O)c1c(F)cccc1-2. The maximum atomic E-state index is 14.4. The molecule has 9 heteroatoms. The second-order valence-corrected chi connectivity index (χ2v) is 8.49. The van der Waals surface area contributed by atoms with E-state index in [0.717, 1.165) is 6.07 Å². The number of benzene rings is 1. The van der Waals surface area contributed by atoms with Gasteiger partial charge in [-0.05, 0) is 25.8 Å². The molecule has 0 aliphatic carbocycles. The third kappa shape index (κ3) is 2.94. The van der Waals surface area contributed by atoms with E-state index in [-0.39, 0.29) is 34.4 Å². The fourth-order valence-electron chi connectivity index (χ4n) is 3.72. The van der Waals surface area contributed by atoms with Crippen LogP contribution >= 0.6 is 0 Å². The fraction of sp³-hybridized carbons (Fsp3) is 0.444. The van der Waals surface area contributed by atoms with Crippen LogP contribution in [0.1, 0.15) is 41.9 Å². The molecule has 2 aliphatic rings. The van der Waals surface area contributed by atoms with E-state index in [1.807, 2.05) is 0 Å². The minimum atomic E-state index is -3.94. The maximum absolute atomic E-state index is 14.4. The summed E-state index contributed by atoms with van der Waals surface area (Å²) >= 11 is 0. The van der Waals surface area contributed by atoms with E-state index < -0.39 is 27.4 Å². The highest BCUT2D eigenvalue weighted by atomic mass is 32.2. The summed E-state index contributed by atoms with van der Waals surface area (Å²) < 4.78 is 52.0. The predicted octanol–water partition coefficient (Wildman–Crippen LogP) is 2.50. The highest BCUT2D eigenvalue weighted by Crippen LogP contribution is 2.42. The number of carbonyl (C=O) groups excluding carboxylic acids is 1. The average molecular weight is 394 g/mol. The van der Waals surface area contributed by atoms with Gasteiger partial charge >= 0.3 is 5.97 Å². The van der Waals surface area contributed by atoms with Crippen molar-refractivity contribution in [3.05, 3.63) is 35.3 Å². The third-order valence-corrected chi connectivity index (χ3v) is 6.59. The molecule has 3 heterocycles. The van der Waals surface area contributed by atoms with Crippen molar-refractivity contribution in [2.24, 2.45) is 0 Å².